The minimum Gasteiger partial charge on any atom is -0.504 e. The quantitative estimate of drug-likeness (QED) is 0.545. The van der Waals surface area contributed by atoms with E-state index in [0.717, 1.165) is 0 Å². The highest BCUT2D eigenvalue weighted by Crippen LogP contribution is 2.47. The molecule has 1 aliphatic rings. The van der Waals surface area contributed by atoms with E-state index >= 15 is 0 Å². The van der Waals surface area contributed by atoms with Crippen molar-refractivity contribution in [3.63, 3.8) is 0 Å². The first-order valence-corrected chi connectivity index (χ1v) is 8.23. The third kappa shape index (κ3) is 3.47. The lowest BCUT2D eigenvalue weighted by molar-refractivity contribution is -0.104. The molecule has 1 heterocycles. The van der Waals surface area contributed by atoms with Crippen LogP contribution in [0.3, 0.4) is 0 Å². The first-order chi connectivity index (χ1) is 13.0. The van der Waals surface area contributed by atoms with Crippen molar-refractivity contribution >= 4 is 12.4 Å². The fourth-order valence-corrected chi connectivity index (χ4v) is 3.07. The summed E-state index contributed by atoms with van der Waals surface area (Å²) >= 11 is 0. The number of aromatic hydroxyl groups is 1. The van der Waals surface area contributed by atoms with Gasteiger partial charge in [-0.15, -0.1) is 0 Å². The molecular formula is C20H20O7. The van der Waals surface area contributed by atoms with Gasteiger partial charge in [0.1, 0.15) is 18.5 Å². The molecule has 3 rings (SSSR count). The molecule has 0 aromatic heterocycles. The lowest BCUT2D eigenvalue weighted by Crippen LogP contribution is -2.34. The number of hydrogen-bond acceptors (Lipinski definition) is 7. The van der Waals surface area contributed by atoms with Gasteiger partial charge < -0.3 is 29.5 Å². The van der Waals surface area contributed by atoms with Crippen LogP contribution in [0.2, 0.25) is 0 Å². The summed E-state index contributed by atoms with van der Waals surface area (Å²) in [7, 11) is 2.88. The van der Waals surface area contributed by atoms with E-state index in [1.165, 1.54) is 32.4 Å². The molecule has 2 aromatic carbocycles. The largest absolute Gasteiger partial charge is 0.504 e. The monoisotopic (exact) mass is 372 g/mol. The van der Waals surface area contributed by atoms with Crippen LogP contribution in [0.1, 0.15) is 28.9 Å². The molecule has 0 unspecified atom stereocenters. The predicted molar refractivity (Wildman–Crippen MR) is 97.1 cm³/mol. The number of allylic oxidation sites excluding steroid dienone is 1. The number of carbonyl (C=O) groups is 1. The highest BCUT2D eigenvalue weighted by molar-refractivity contribution is 5.75. The van der Waals surface area contributed by atoms with Gasteiger partial charge in [-0.3, -0.25) is 4.79 Å². The summed E-state index contributed by atoms with van der Waals surface area (Å²) in [5, 5.41) is 31.0. The van der Waals surface area contributed by atoms with Crippen LogP contribution in [0.15, 0.2) is 36.4 Å². The van der Waals surface area contributed by atoms with E-state index in [1.54, 1.807) is 24.3 Å². The third-order valence-corrected chi connectivity index (χ3v) is 4.42. The maximum atomic E-state index is 10.7. The van der Waals surface area contributed by atoms with E-state index in [4.69, 9.17) is 14.2 Å². The summed E-state index contributed by atoms with van der Waals surface area (Å²) in [5.74, 6) is 0.844. The maximum Gasteiger partial charge on any atom is 0.168 e. The predicted octanol–water partition coefficient (Wildman–Crippen LogP) is 2.15. The number of hydrogen-bond donors (Lipinski definition) is 3. The van der Waals surface area contributed by atoms with Crippen LogP contribution < -0.4 is 14.2 Å². The normalized spacial score (nSPS) is 21.4. The molecule has 142 valence electrons. The van der Waals surface area contributed by atoms with Crippen LogP contribution in [-0.4, -0.2) is 41.9 Å². The molecule has 27 heavy (non-hydrogen) atoms. The fraction of sp³-hybridized carbons (Fsp3) is 0.250. The van der Waals surface area contributed by atoms with Gasteiger partial charge in [-0.1, -0.05) is 12.1 Å². The minimum absolute atomic E-state index is 0.0447. The van der Waals surface area contributed by atoms with Gasteiger partial charge >= 0.3 is 0 Å². The van der Waals surface area contributed by atoms with Crippen molar-refractivity contribution in [2.45, 2.75) is 18.3 Å². The van der Waals surface area contributed by atoms with E-state index in [-0.39, 0.29) is 11.5 Å². The molecule has 0 amide bonds. The summed E-state index contributed by atoms with van der Waals surface area (Å²) in [6.07, 6.45) is 0.124. The number of ether oxygens (including phenoxy) is 3. The van der Waals surface area contributed by atoms with Gasteiger partial charge in [-0.2, -0.15) is 0 Å². The standard InChI is InChI=1S/C20H20O7/c1-25-15-10-12(5-6-14(15)22)19-18(24)17(23)13-8-11(4-3-7-21)9-16(26-2)20(13)27-19/h3-10,17-19,22-24H,1-2H3/b4-3+/t17-,18-,19-/m0/s1. The molecule has 0 bridgehead atoms. The lowest BCUT2D eigenvalue weighted by Gasteiger charge is -2.35. The SMILES string of the molecule is COc1cc([C@@H]2Oc3c(OC)cc(/C=C/C=O)cc3[C@H](O)[C@@H]2O)ccc1O. The Bertz CT molecular complexity index is 875. The Hall–Kier alpha value is -3.03. The molecule has 0 fully saturated rings. The number of carbonyl (C=O) groups excluding carboxylic acids is 1. The Morgan fingerprint density at radius 1 is 1.07 bits per heavy atom. The summed E-state index contributed by atoms with van der Waals surface area (Å²) < 4.78 is 16.4. The highest BCUT2D eigenvalue weighted by atomic mass is 16.5. The Morgan fingerprint density at radius 2 is 1.81 bits per heavy atom. The topological polar surface area (TPSA) is 105 Å². The molecule has 7 heteroatoms. The molecule has 2 aromatic rings. The number of rotatable bonds is 5. The smallest absolute Gasteiger partial charge is 0.168 e. The molecular weight excluding hydrogens is 352 g/mol. The minimum atomic E-state index is -1.26. The van der Waals surface area contributed by atoms with Gasteiger partial charge in [0.05, 0.1) is 14.2 Å². The number of phenols is 1. The van der Waals surface area contributed by atoms with E-state index in [1.807, 2.05) is 0 Å². The number of aldehydes is 1. The first kappa shape index (κ1) is 18.8. The molecule has 0 saturated carbocycles. The number of fused-ring (bicyclic) bond motifs is 1. The van der Waals surface area contributed by atoms with Crippen molar-refractivity contribution in [3.8, 4) is 23.0 Å². The highest BCUT2D eigenvalue weighted by Gasteiger charge is 2.39. The number of benzene rings is 2. The van der Waals surface area contributed by atoms with Gasteiger partial charge in [0.15, 0.2) is 29.1 Å². The van der Waals surface area contributed by atoms with Crippen molar-refractivity contribution in [2.24, 2.45) is 0 Å². The maximum absolute atomic E-state index is 10.7. The van der Waals surface area contributed by atoms with E-state index in [0.29, 0.717) is 34.5 Å². The van der Waals surface area contributed by atoms with Gasteiger partial charge in [0.25, 0.3) is 0 Å². The Labute approximate surface area is 156 Å². The zero-order valence-corrected chi connectivity index (χ0v) is 14.8. The summed E-state index contributed by atoms with van der Waals surface area (Å²) in [4.78, 5) is 10.6. The van der Waals surface area contributed by atoms with Gasteiger partial charge in [-0.05, 0) is 41.5 Å². The fourth-order valence-electron chi connectivity index (χ4n) is 3.07. The first-order valence-electron chi connectivity index (χ1n) is 8.23. The molecule has 1 aliphatic heterocycles. The average molecular weight is 372 g/mol. The zero-order valence-electron chi connectivity index (χ0n) is 14.8. The molecule has 0 aliphatic carbocycles. The molecule has 0 radical (unpaired) electrons. The van der Waals surface area contributed by atoms with E-state index in [2.05, 4.69) is 0 Å². The lowest BCUT2D eigenvalue weighted by atomic mass is 9.90. The van der Waals surface area contributed by atoms with E-state index in [9.17, 15) is 20.1 Å². The second-order valence-corrected chi connectivity index (χ2v) is 6.04. The summed E-state index contributed by atoms with van der Waals surface area (Å²) in [6, 6.07) is 7.83. The van der Waals surface area contributed by atoms with Crippen LogP contribution in [0.4, 0.5) is 0 Å². The van der Waals surface area contributed by atoms with Crippen LogP contribution in [0.5, 0.6) is 23.0 Å². The van der Waals surface area contributed by atoms with Gasteiger partial charge in [0.2, 0.25) is 0 Å². The van der Waals surface area contributed by atoms with Gasteiger partial charge in [0, 0.05) is 5.56 Å². The molecule has 3 N–H and O–H groups in total. The molecule has 0 spiro atoms. The molecule has 3 atom stereocenters. The summed E-state index contributed by atoms with van der Waals surface area (Å²) in [6.45, 7) is 0. The number of aliphatic hydroxyl groups is 2. The Morgan fingerprint density at radius 3 is 2.48 bits per heavy atom. The third-order valence-electron chi connectivity index (χ3n) is 4.42. The Balaban J connectivity index is 2.06. The average Bonchev–Trinajstić information content (AvgIpc) is 2.69. The van der Waals surface area contributed by atoms with Gasteiger partial charge in [-0.25, -0.2) is 0 Å². The molecule has 0 saturated heterocycles. The van der Waals surface area contributed by atoms with Crippen molar-refractivity contribution in [1.29, 1.82) is 0 Å². The second kappa shape index (κ2) is 7.69. The van der Waals surface area contributed by atoms with Crippen LogP contribution in [-0.2, 0) is 4.79 Å². The molecule has 7 nitrogen and oxygen atoms in total. The second-order valence-electron chi connectivity index (χ2n) is 6.04. The van der Waals surface area contributed by atoms with E-state index < -0.39 is 18.3 Å². The van der Waals surface area contributed by atoms with Crippen LogP contribution in [0.25, 0.3) is 6.08 Å². The van der Waals surface area contributed by atoms with Crippen molar-refractivity contribution in [3.05, 3.63) is 53.1 Å². The van der Waals surface area contributed by atoms with Crippen molar-refractivity contribution in [2.75, 3.05) is 14.2 Å². The van der Waals surface area contributed by atoms with Crippen LogP contribution >= 0.6 is 0 Å². The van der Waals surface area contributed by atoms with Crippen molar-refractivity contribution < 1.29 is 34.3 Å². The number of aliphatic hydroxyl groups excluding tert-OH is 2. The van der Waals surface area contributed by atoms with Crippen molar-refractivity contribution in [1.82, 2.24) is 0 Å². The zero-order chi connectivity index (χ0) is 19.6. The summed E-state index contributed by atoms with van der Waals surface area (Å²) in [5.41, 5.74) is 1.50. The number of phenolic OH excluding ortho intramolecular Hbond substituents is 1. The Kier molecular flexibility index (Phi) is 5.34. The van der Waals surface area contributed by atoms with Crippen LogP contribution in [0, 0.1) is 0 Å². The number of methoxy groups -OCH3 is 2.